The smallest absolute Gasteiger partial charge is 0.392 e. The van der Waals surface area contributed by atoms with Crippen LogP contribution in [0.15, 0.2) is 69.9 Å². The van der Waals surface area contributed by atoms with Crippen molar-refractivity contribution in [3.63, 3.8) is 0 Å². The van der Waals surface area contributed by atoms with E-state index in [1.807, 2.05) is 0 Å². The summed E-state index contributed by atoms with van der Waals surface area (Å²) >= 11 is 6.05. The van der Waals surface area contributed by atoms with E-state index >= 15 is 0 Å². The van der Waals surface area contributed by atoms with Gasteiger partial charge in [0.2, 0.25) is 0 Å². The Kier molecular flexibility index (Phi) is 13.8. The normalized spacial score (nSPS) is 20.1. The molecule has 4 aromatic rings. The number of benzene rings is 2. The largest absolute Gasteiger partial charge is 0.416 e. The van der Waals surface area contributed by atoms with Crippen LogP contribution in [-0.4, -0.2) is 59.9 Å². The molecule has 2 aliphatic heterocycles. The summed E-state index contributed by atoms with van der Waals surface area (Å²) in [7, 11) is 0. The summed E-state index contributed by atoms with van der Waals surface area (Å²) in [4.78, 5) is 21.1. The van der Waals surface area contributed by atoms with E-state index in [1.165, 1.54) is 24.3 Å². The maximum absolute atomic E-state index is 14.2. The first-order valence-electron chi connectivity index (χ1n) is 17.8. The van der Waals surface area contributed by atoms with Gasteiger partial charge < -0.3 is 14.9 Å². The molecular formula is C38H26Br2F18N4O2. The number of carbonyl (C=O) groups excluding carboxylic acids is 1. The average molecular weight is 1070 g/mol. The highest BCUT2D eigenvalue weighted by Crippen LogP contribution is 2.52. The molecule has 1 N–H and O–H groups in total. The third kappa shape index (κ3) is 10.4. The highest BCUT2D eigenvalue weighted by atomic mass is 79.9. The van der Waals surface area contributed by atoms with Crippen molar-refractivity contribution < 1.29 is 88.9 Å². The summed E-state index contributed by atoms with van der Waals surface area (Å²) in [5, 5.41) is 9.18. The maximum Gasteiger partial charge on any atom is 0.416 e. The van der Waals surface area contributed by atoms with E-state index in [0.29, 0.717) is 11.8 Å². The Balaban J connectivity index is 0.000000241. The van der Waals surface area contributed by atoms with Crippen LogP contribution in [0, 0.1) is 0 Å². The van der Waals surface area contributed by atoms with Crippen LogP contribution in [0.5, 0.6) is 0 Å². The van der Waals surface area contributed by atoms with Crippen LogP contribution in [0.25, 0.3) is 0 Å². The zero-order valence-corrected chi connectivity index (χ0v) is 34.7. The fraction of sp³-hybridized carbons (Fsp3) is 0.395. The molecule has 0 amide bonds. The zero-order chi connectivity index (χ0) is 48.2. The lowest BCUT2D eigenvalue weighted by molar-refractivity contribution is -0.185. The Morgan fingerprint density at radius 2 is 0.891 bits per heavy atom. The van der Waals surface area contributed by atoms with Gasteiger partial charge in [-0.25, -0.2) is 9.97 Å². The van der Waals surface area contributed by atoms with Crippen molar-refractivity contribution in [2.75, 3.05) is 36.0 Å². The number of anilines is 2. The van der Waals surface area contributed by atoms with Gasteiger partial charge in [0.15, 0.2) is 6.29 Å². The number of hydrogen-bond donors (Lipinski definition) is 1. The molecule has 2 aromatic carbocycles. The molecule has 64 heavy (non-hydrogen) atoms. The molecule has 0 saturated carbocycles. The quantitative estimate of drug-likeness (QED) is 0.118. The lowest BCUT2D eigenvalue weighted by Gasteiger charge is -2.33. The van der Waals surface area contributed by atoms with Crippen molar-refractivity contribution in [2.24, 2.45) is 0 Å². The van der Waals surface area contributed by atoms with E-state index in [0.717, 1.165) is 9.80 Å². The molecule has 2 unspecified atom stereocenters. The molecule has 0 bridgehead atoms. The van der Waals surface area contributed by atoms with Gasteiger partial charge in [-0.05, 0) is 110 Å². The molecule has 2 atom stereocenters. The van der Waals surface area contributed by atoms with Crippen LogP contribution in [0.2, 0.25) is 0 Å². The minimum atomic E-state index is -5.28. The van der Waals surface area contributed by atoms with E-state index in [-0.39, 0.29) is 75.9 Å². The minimum Gasteiger partial charge on any atom is -0.392 e. The Morgan fingerprint density at radius 3 is 1.17 bits per heavy atom. The molecule has 2 saturated heterocycles. The number of aliphatic hydroxyl groups is 1. The Labute approximate surface area is 365 Å². The molecule has 26 heteroatoms. The van der Waals surface area contributed by atoms with Crippen molar-refractivity contribution in [2.45, 2.75) is 67.3 Å². The van der Waals surface area contributed by atoms with Crippen LogP contribution in [0.3, 0.4) is 0 Å². The van der Waals surface area contributed by atoms with Gasteiger partial charge in [-0.2, -0.15) is 79.0 Å². The molecule has 6 nitrogen and oxygen atoms in total. The number of aldehydes is 1. The van der Waals surface area contributed by atoms with E-state index in [9.17, 15) is 88.9 Å². The maximum atomic E-state index is 14.2. The first kappa shape index (κ1) is 50.7. The van der Waals surface area contributed by atoms with Crippen LogP contribution >= 0.6 is 31.9 Å². The summed E-state index contributed by atoms with van der Waals surface area (Å²) in [6, 6.07) is 5.31. The lowest BCUT2D eigenvalue weighted by Crippen LogP contribution is -2.45. The number of nitrogens with zero attached hydrogens (tertiary/aromatic N) is 4. The van der Waals surface area contributed by atoms with E-state index < -0.39 is 114 Å². The second-order valence-electron chi connectivity index (χ2n) is 14.5. The summed E-state index contributed by atoms with van der Waals surface area (Å²) in [5.41, 5.74) is -15.0. The van der Waals surface area contributed by atoms with E-state index in [4.69, 9.17) is 0 Å². The van der Waals surface area contributed by atoms with Gasteiger partial charge in [-0.3, -0.25) is 4.79 Å². The lowest BCUT2D eigenvalue weighted by atomic mass is 9.77. The second kappa shape index (κ2) is 17.5. The van der Waals surface area contributed by atoms with Crippen LogP contribution in [0.4, 0.5) is 90.7 Å². The number of alkyl halides is 18. The predicted octanol–water partition coefficient (Wildman–Crippen LogP) is 12.5. The molecule has 2 aromatic heterocycles. The van der Waals surface area contributed by atoms with Gasteiger partial charge in [0.05, 0.1) is 28.9 Å². The molecule has 4 heterocycles. The topological polar surface area (TPSA) is 69.6 Å². The van der Waals surface area contributed by atoms with Gasteiger partial charge in [-0.1, -0.05) is 6.07 Å². The Morgan fingerprint density at radius 1 is 0.547 bits per heavy atom. The highest BCUT2D eigenvalue weighted by Gasteiger charge is 2.61. The first-order valence-corrected chi connectivity index (χ1v) is 19.4. The minimum absolute atomic E-state index is 0.0170. The molecule has 2 fully saturated rings. The summed E-state index contributed by atoms with van der Waals surface area (Å²) in [6.07, 6.45) is -32.5. The van der Waals surface area contributed by atoms with Gasteiger partial charge in [0.25, 0.3) is 0 Å². The monoisotopic (exact) mass is 1070 g/mol. The number of aromatic nitrogens is 2. The predicted molar refractivity (Wildman–Crippen MR) is 197 cm³/mol. The van der Waals surface area contributed by atoms with Crippen molar-refractivity contribution in [3.8, 4) is 0 Å². The molecule has 350 valence electrons. The van der Waals surface area contributed by atoms with Gasteiger partial charge in [-0.15, -0.1) is 0 Å². The van der Waals surface area contributed by atoms with Gasteiger partial charge in [0.1, 0.15) is 31.7 Å². The zero-order valence-electron chi connectivity index (χ0n) is 31.5. The molecule has 0 spiro atoms. The summed E-state index contributed by atoms with van der Waals surface area (Å²) in [5.74, 6) is 0.0137. The van der Waals surface area contributed by atoms with Gasteiger partial charge in [0, 0.05) is 37.3 Å². The fourth-order valence-corrected chi connectivity index (χ4v) is 8.03. The molecule has 0 radical (unpaired) electrons. The second-order valence-corrected chi connectivity index (χ2v) is 16.0. The van der Waals surface area contributed by atoms with Crippen molar-refractivity contribution in [3.05, 3.63) is 114 Å². The SMILES string of the molecule is O=Cc1ccc(N2CCC(c3cc(C(F)(F)F)cc(C(F)(F)F)c3)(C(F)(F)F)C2)nc1Br.OCc1ccc(N2CCC(c3cc(C(F)(F)F)cc(C(F)(F)F)c3)(C(F)(F)F)C2)nc1Br. The van der Waals surface area contributed by atoms with Crippen molar-refractivity contribution >= 4 is 49.8 Å². The molecule has 0 aliphatic carbocycles. The molecule has 2 aliphatic rings. The first-order chi connectivity index (χ1) is 29.2. The number of carbonyl (C=O) groups is 1. The number of pyridine rings is 2. The Hall–Kier alpha value is -4.33. The Bertz CT molecular complexity index is 2300. The third-order valence-electron chi connectivity index (χ3n) is 10.6. The van der Waals surface area contributed by atoms with Crippen LogP contribution in [0.1, 0.15) is 62.1 Å². The van der Waals surface area contributed by atoms with Crippen molar-refractivity contribution in [1.29, 1.82) is 0 Å². The number of rotatable bonds is 6. The summed E-state index contributed by atoms with van der Waals surface area (Å²) in [6.45, 7) is -2.92. The average Bonchev–Trinajstić information content (AvgIpc) is 3.85. The van der Waals surface area contributed by atoms with E-state index in [1.54, 1.807) is 0 Å². The number of hydrogen-bond acceptors (Lipinski definition) is 6. The summed E-state index contributed by atoms with van der Waals surface area (Å²) < 4.78 is 244. The third-order valence-corrected chi connectivity index (χ3v) is 11.9. The van der Waals surface area contributed by atoms with E-state index in [2.05, 4.69) is 41.8 Å². The van der Waals surface area contributed by atoms with Crippen LogP contribution < -0.4 is 9.80 Å². The number of halogens is 20. The standard InChI is InChI=1S/C19H14BrF9N2O.C19H12BrF9N2O/c2*20-15-10(8-32)1-2-14(30-15)31-4-3-16(9-31,19(27,28)29)11-5-12(17(21,22)23)7-13(6-11)18(24,25)26/h1-2,5-7,32H,3-4,8-9H2;1-2,5-8H,3-4,9H2. The van der Waals surface area contributed by atoms with Gasteiger partial charge >= 0.3 is 37.1 Å². The highest BCUT2D eigenvalue weighted by molar-refractivity contribution is 9.10. The molecule has 6 rings (SSSR count). The fourth-order valence-electron chi connectivity index (χ4n) is 7.18. The van der Waals surface area contributed by atoms with Crippen LogP contribution in [-0.2, 0) is 42.1 Å². The molecular weight excluding hydrogens is 1050 g/mol. The van der Waals surface area contributed by atoms with Crippen molar-refractivity contribution in [1.82, 2.24) is 9.97 Å². The number of aliphatic hydroxyl groups excluding tert-OH is 1.